The van der Waals surface area contributed by atoms with Crippen molar-refractivity contribution in [2.45, 2.75) is 26.9 Å². The van der Waals surface area contributed by atoms with Gasteiger partial charge in [0.25, 0.3) is 0 Å². The van der Waals surface area contributed by atoms with Crippen LogP contribution in [0.4, 0.5) is 0 Å². The Bertz CT molecular complexity index is 196. The lowest BCUT2D eigenvalue weighted by atomic mass is 10.2. The van der Waals surface area contributed by atoms with Crippen LogP contribution >= 0.6 is 0 Å². The van der Waals surface area contributed by atoms with E-state index in [0.29, 0.717) is 25.6 Å². The summed E-state index contributed by atoms with van der Waals surface area (Å²) in [7, 11) is 0. The van der Waals surface area contributed by atoms with Gasteiger partial charge in [-0.15, -0.1) is 0 Å². The van der Waals surface area contributed by atoms with E-state index in [9.17, 15) is 9.90 Å². The van der Waals surface area contributed by atoms with Gasteiger partial charge in [-0.25, -0.2) is 0 Å². The van der Waals surface area contributed by atoms with Gasteiger partial charge in [0.1, 0.15) is 0 Å². The van der Waals surface area contributed by atoms with Gasteiger partial charge in [-0.2, -0.15) is 0 Å². The van der Waals surface area contributed by atoms with Gasteiger partial charge in [-0.1, -0.05) is 13.8 Å². The maximum absolute atomic E-state index is 10.6. The van der Waals surface area contributed by atoms with Crippen LogP contribution in [-0.2, 0) is 9.53 Å². The Hall–Kier alpha value is -0.650. The van der Waals surface area contributed by atoms with Crippen LogP contribution in [-0.4, -0.2) is 60.0 Å². The van der Waals surface area contributed by atoms with Crippen molar-refractivity contribution < 1.29 is 19.7 Å². The molecule has 0 aromatic carbocycles. The second-order valence-electron chi connectivity index (χ2n) is 4.29. The van der Waals surface area contributed by atoms with Crippen molar-refractivity contribution in [2.75, 3.05) is 32.8 Å². The molecule has 0 aliphatic heterocycles. The predicted molar refractivity (Wildman–Crippen MR) is 61.4 cm³/mol. The molecule has 0 saturated carbocycles. The Morgan fingerprint density at radius 3 is 2.44 bits per heavy atom. The first-order valence-electron chi connectivity index (χ1n) is 5.65. The van der Waals surface area contributed by atoms with Crippen molar-refractivity contribution in [1.82, 2.24) is 4.90 Å². The molecule has 5 nitrogen and oxygen atoms in total. The fourth-order valence-electron chi connectivity index (χ4n) is 1.52. The Morgan fingerprint density at radius 2 is 2.00 bits per heavy atom. The highest BCUT2D eigenvalue weighted by Crippen LogP contribution is 2.00. The Morgan fingerprint density at radius 1 is 1.38 bits per heavy atom. The molecular weight excluding hydrogens is 210 g/mol. The number of hydrogen-bond acceptors (Lipinski definition) is 4. The molecule has 0 aliphatic rings. The fourth-order valence-corrected chi connectivity index (χ4v) is 1.52. The number of carboxylic acids is 1. The topological polar surface area (TPSA) is 70.0 Å². The molecule has 1 unspecified atom stereocenters. The third kappa shape index (κ3) is 8.64. The van der Waals surface area contributed by atoms with Crippen molar-refractivity contribution in [3.05, 3.63) is 0 Å². The number of carbonyl (C=O) groups is 1. The van der Waals surface area contributed by atoms with Crippen LogP contribution in [0.15, 0.2) is 0 Å². The third-order valence-corrected chi connectivity index (χ3v) is 1.97. The number of hydrogen-bond donors (Lipinski definition) is 2. The number of aliphatic hydroxyl groups is 1. The average Bonchev–Trinajstić information content (AvgIpc) is 2.12. The zero-order valence-electron chi connectivity index (χ0n) is 10.3. The molecule has 5 heteroatoms. The van der Waals surface area contributed by atoms with Gasteiger partial charge in [-0.05, 0) is 12.8 Å². The first-order chi connectivity index (χ1) is 7.45. The van der Waals surface area contributed by atoms with E-state index < -0.39 is 12.1 Å². The first kappa shape index (κ1) is 15.3. The number of carboxylic acid groups (broad SMARTS) is 1. The molecule has 16 heavy (non-hydrogen) atoms. The van der Waals surface area contributed by atoms with E-state index in [0.717, 1.165) is 0 Å². The average molecular weight is 233 g/mol. The minimum absolute atomic E-state index is 0.0403. The third-order valence-electron chi connectivity index (χ3n) is 1.97. The second kappa shape index (κ2) is 8.50. The van der Waals surface area contributed by atoms with Gasteiger partial charge in [-0.3, -0.25) is 9.69 Å². The van der Waals surface area contributed by atoms with E-state index in [-0.39, 0.29) is 13.2 Å². The molecule has 0 aliphatic carbocycles. The summed E-state index contributed by atoms with van der Waals surface area (Å²) >= 11 is 0. The number of aliphatic carboxylic acids is 1. The molecule has 0 fully saturated rings. The van der Waals surface area contributed by atoms with Crippen LogP contribution in [0.3, 0.4) is 0 Å². The van der Waals surface area contributed by atoms with Crippen molar-refractivity contribution in [3.8, 4) is 0 Å². The van der Waals surface area contributed by atoms with E-state index in [1.54, 1.807) is 4.90 Å². The van der Waals surface area contributed by atoms with Crippen LogP contribution < -0.4 is 0 Å². The Kier molecular flexibility index (Phi) is 8.15. The summed E-state index contributed by atoms with van der Waals surface area (Å²) in [6.45, 7) is 7.66. The summed E-state index contributed by atoms with van der Waals surface area (Å²) in [4.78, 5) is 12.4. The zero-order chi connectivity index (χ0) is 12.6. The summed E-state index contributed by atoms with van der Waals surface area (Å²) in [5.74, 6) is -0.497. The molecule has 0 aromatic heterocycles. The van der Waals surface area contributed by atoms with E-state index in [1.807, 2.05) is 20.8 Å². The molecule has 1 atom stereocenters. The highest BCUT2D eigenvalue weighted by molar-refractivity contribution is 5.69. The molecule has 0 heterocycles. The van der Waals surface area contributed by atoms with Crippen LogP contribution in [0.5, 0.6) is 0 Å². The maximum Gasteiger partial charge on any atom is 0.317 e. The lowest BCUT2D eigenvalue weighted by Crippen LogP contribution is -2.40. The van der Waals surface area contributed by atoms with Crippen molar-refractivity contribution in [2.24, 2.45) is 5.92 Å². The fraction of sp³-hybridized carbons (Fsp3) is 0.909. The second-order valence-corrected chi connectivity index (χ2v) is 4.29. The Balaban J connectivity index is 4.02. The molecule has 0 saturated heterocycles. The lowest BCUT2D eigenvalue weighted by molar-refractivity contribution is -0.138. The van der Waals surface area contributed by atoms with Gasteiger partial charge in [0.15, 0.2) is 0 Å². The molecule has 0 radical (unpaired) electrons. The number of ether oxygens (including phenoxy) is 1. The lowest BCUT2D eigenvalue weighted by Gasteiger charge is -2.24. The van der Waals surface area contributed by atoms with E-state index in [1.165, 1.54) is 0 Å². The molecule has 0 spiro atoms. The predicted octanol–water partition coefficient (Wildman–Crippen LogP) is 0.426. The zero-order valence-corrected chi connectivity index (χ0v) is 10.3. The van der Waals surface area contributed by atoms with Gasteiger partial charge < -0.3 is 14.9 Å². The smallest absolute Gasteiger partial charge is 0.317 e. The minimum Gasteiger partial charge on any atom is -0.480 e. The summed E-state index contributed by atoms with van der Waals surface area (Å²) in [5, 5.41) is 18.3. The molecule has 2 N–H and O–H groups in total. The normalized spacial score (nSPS) is 13.4. The number of rotatable bonds is 9. The molecule has 0 amide bonds. The highest BCUT2D eigenvalue weighted by Gasteiger charge is 2.15. The van der Waals surface area contributed by atoms with Crippen molar-refractivity contribution in [3.63, 3.8) is 0 Å². The molecule has 0 bridgehead atoms. The van der Waals surface area contributed by atoms with Gasteiger partial charge in [0, 0.05) is 19.7 Å². The highest BCUT2D eigenvalue weighted by atomic mass is 16.5. The summed E-state index contributed by atoms with van der Waals surface area (Å²) < 4.78 is 5.08. The summed E-state index contributed by atoms with van der Waals surface area (Å²) in [5.41, 5.74) is 0. The van der Waals surface area contributed by atoms with Crippen LogP contribution in [0.2, 0.25) is 0 Å². The quantitative estimate of drug-likeness (QED) is 0.604. The standard InChI is InChI=1S/C11H23NO4/c1-4-16-8-10(13)6-12(5-9(2)3)7-11(14)15/h9-10,13H,4-8H2,1-3H3,(H,14,15). The first-order valence-corrected chi connectivity index (χ1v) is 5.65. The molecule has 0 rings (SSSR count). The molecular formula is C11H23NO4. The van der Waals surface area contributed by atoms with Gasteiger partial charge in [0.05, 0.1) is 19.3 Å². The van der Waals surface area contributed by atoms with Gasteiger partial charge in [0.2, 0.25) is 0 Å². The number of aliphatic hydroxyl groups excluding tert-OH is 1. The maximum atomic E-state index is 10.6. The monoisotopic (exact) mass is 233 g/mol. The Labute approximate surface area is 97.0 Å². The SMILES string of the molecule is CCOCC(O)CN(CC(=O)O)CC(C)C. The van der Waals surface area contributed by atoms with Crippen LogP contribution in [0, 0.1) is 5.92 Å². The van der Waals surface area contributed by atoms with Gasteiger partial charge >= 0.3 is 5.97 Å². The van der Waals surface area contributed by atoms with E-state index >= 15 is 0 Å². The minimum atomic E-state index is -0.871. The van der Waals surface area contributed by atoms with E-state index in [4.69, 9.17) is 9.84 Å². The summed E-state index contributed by atoms with van der Waals surface area (Å²) in [6, 6.07) is 0. The van der Waals surface area contributed by atoms with Crippen LogP contribution in [0.1, 0.15) is 20.8 Å². The van der Waals surface area contributed by atoms with Crippen molar-refractivity contribution in [1.29, 1.82) is 0 Å². The van der Waals surface area contributed by atoms with E-state index in [2.05, 4.69) is 0 Å². The molecule has 0 aromatic rings. The van der Waals surface area contributed by atoms with Crippen LogP contribution in [0.25, 0.3) is 0 Å². The summed E-state index contributed by atoms with van der Waals surface area (Å²) in [6.07, 6.45) is -0.627. The number of nitrogens with zero attached hydrogens (tertiary/aromatic N) is 1. The molecule has 96 valence electrons. The largest absolute Gasteiger partial charge is 0.480 e. The van der Waals surface area contributed by atoms with Crippen molar-refractivity contribution >= 4 is 5.97 Å².